The van der Waals surface area contributed by atoms with Crippen LogP contribution in [0.4, 0.5) is 4.39 Å². The fourth-order valence-electron chi connectivity index (χ4n) is 2.53. The normalized spacial score (nSPS) is 18.0. The second-order valence-electron chi connectivity index (χ2n) is 5.58. The van der Waals surface area contributed by atoms with Crippen LogP contribution in [0.1, 0.15) is 37.0 Å². The number of likely N-dealkylation sites (tertiary alicyclic amines) is 1. The standard InChI is InChI=1S/C13H14BrClFNO3S/c1-13(2)4-3-5-17(13)12(18)9-6-8(14)7-10(11(9)16)21(15,19)20/h6-7H,3-5H2,1-2H3. The molecule has 1 fully saturated rings. The molecule has 0 unspecified atom stereocenters. The molecule has 0 bridgehead atoms. The number of hydrogen-bond acceptors (Lipinski definition) is 3. The van der Waals surface area contributed by atoms with Crippen LogP contribution in [0.15, 0.2) is 21.5 Å². The quantitative estimate of drug-likeness (QED) is 0.716. The van der Waals surface area contributed by atoms with E-state index >= 15 is 0 Å². The monoisotopic (exact) mass is 397 g/mol. The van der Waals surface area contributed by atoms with Crippen molar-refractivity contribution in [3.63, 3.8) is 0 Å². The molecule has 0 spiro atoms. The summed E-state index contributed by atoms with van der Waals surface area (Å²) in [4.78, 5) is 13.4. The average Bonchev–Trinajstić information content (AvgIpc) is 2.69. The molecule has 116 valence electrons. The van der Waals surface area contributed by atoms with Gasteiger partial charge in [-0.1, -0.05) is 15.9 Å². The van der Waals surface area contributed by atoms with E-state index in [9.17, 15) is 17.6 Å². The van der Waals surface area contributed by atoms with E-state index < -0.39 is 25.7 Å². The molecule has 4 nitrogen and oxygen atoms in total. The Morgan fingerprint density at radius 3 is 2.52 bits per heavy atom. The first-order chi connectivity index (χ1) is 9.54. The zero-order chi connectivity index (χ0) is 16.0. The molecule has 8 heteroatoms. The smallest absolute Gasteiger partial charge is 0.264 e. The Labute approximate surface area is 135 Å². The molecule has 0 radical (unpaired) electrons. The number of benzene rings is 1. The molecule has 0 aromatic heterocycles. The van der Waals surface area contributed by atoms with Gasteiger partial charge < -0.3 is 4.90 Å². The molecule has 0 aliphatic carbocycles. The zero-order valence-electron chi connectivity index (χ0n) is 11.5. The first-order valence-electron chi connectivity index (χ1n) is 6.30. The van der Waals surface area contributed by atoms with Crippen molar-refractivity contribution in [2.45, 2.75) is 37.1 Å². The lowest BCUT2D eigenvalue weighted by molar-refractivity contribution is 0.0646. The third-order valence-electron chi connectivity index (χ3n) is 3.64. The van der Waals surface area contributed by atoms with Crippen molar-refractivity contribution >= 4 is 41.6 Å². The molecule has 1 saturated heterocycles. The molecule has 21 heavy (non-hydrogen) atoms. The van der Waals surface area contributed by atoms with Crippen molar-refractivity contribution in [3.8, 4) is 0 Å². The lowest BCUT2D eigenvalue weighted by atomic mass is 10.0. The van der Waals surface area contributed by atoms with Crippen molar-refractivity contribution in [2.24, 2.45) is 0 Å². The van der Waals surface area contributed by atoms with Crippen LogP contribution < -0.4 is 0 Å². The maximum atomic E-state index is 14.4. The predicted molar refractivity (Wildman–Crippen MR) is 81.5 cm³/mol. The van der Waals surface area contributed by atoms with Gasteiger partial charge in [-0.05, 0) is 38.8 Å². The molecular formula is C13H14BrClFNO3S. The summed E-state index contributed by atoms with van der Waals surface area (Å²) in [5, 5.41) is 0. The minimum absolute atomic E-state index is 0.281. The van der Waals surface area contributed by atoms with Gasteiger partial charge in [0, 0.05) is 27.2 Å². The van der Waals surface area contributed by atoms with Crippen molar-refractivity contribution < 1.29 is 17.6 Å². The highest BCUT2D eigenvalue weighted by atomic mass is 79.9. The number of rotatable bonds is 2. The number of carbonyl (C=O) groups excluding carboxylic acids is 1. The Bertz CT molecular complexity index is 706. The first-order valence-corrected chi connectivity index (χ1v) is 9.40. The molecule has 1 aromatic carbocycles. The van der Waals surface area contributed by atoms with Gasteiger partial charge in [-0.3, -0.25) is 4.79 Å². The third-order valence-corrected chi connectivity index (χ3v) is 5.42. The van der Waals surface area contributed by atoms with Gasteiger partial charge in [0.25, 0.3) is 15.0 Å². The number of carbonyl (C=O) groups is 1. The highest BCUT2D eigenvalue weighted by Gasteiger charge is 2.37. The van der Waals surface area contributed by atoms with Gasteiger partial charge in [0.15, 0.2) is 5.82 Å². The highest BCUT2D eigenvalue weighted by Crippen LogP contribution is 2.33. The van der Waals surface area contributed by atoms with E-state index in [0.29, 0.717) is 6.54 Å². The second-order valence-corrected chi connectivity index (χ2v) is 9.03. The van der Waals surface area contributed by atoms with Crippen molar-refractivity contribution in [2.75, 3.05) is 6.54 Å². The molecule has 1 aliphatic heterocycles. The Kier molecular flexibility index (Phi) is 4.39. The van der Waals surface area contributed by atoms with E-state index in [4.69, 9.17) is 10.7 Å². The number of amides is 1. The minimum Gasteiger partial charge on any atom is -0.333 e. The minimum atomic E-state index is -4.27. The molecule has 1 amide bonds. The van der Waals surface area contributed by atoms with E-state index in [1.54, 1.807) is 4.90 Å². The van der Waals surface area contributed by atoms with Crippen LogP contribution in [-0.2, 0) is 9.05 Å². The van der Waals surface area contributed by atoms with Gasteiger partial charge in [0.1, 0.15) is 4.90 Å². The molecule has 1 heterocycles. The summed E-state index contributed by atoms with van der Waals surface area (Å²) >= 11 is 3.08. The van der Waals surface area contributed by atoms with Crippen LogP contribution in [0.2, 0.25) is 0 Å². The summed E-state index contributed by atoms with van der Waals surface area (Å²) in [7, 11) is 0.947. The summed E-state index contributed by atoms with van der Waals surface area (Å²) in [6, 6.07) is 2.32. The Balaban J connectivity index is 2.55. The lowest BCUT2D eigenvalue weighted by Gasteiger charge is -2.31. The van der Waals surface area contributed by atoms with E-state index in [1.807, 2.05) is 13.8 Å². The summed E-state index contributed by atoms with van der Waals surface area (Å²) in [5.41, 5.74) is -0.676. The molecule has 2 rings (SSSR count). The van der Waals surface area contributed by atoms with Gasteiger partial charge in [-0.15, -0.1) is 0 Å². The van der Waals surface area contributed by atoms with Crippen molar-refractivity contribution in [3.05, 3.63) is 28.0 Å². The van der Waals surface area contributed by atoms with Gasteiger partial charge in [-0.25, -0.2) is 12.8 Å². The van der Waals surface area contributed by atoms with Crippen LogP contribution in [0.5, 0.6) is 0 Å². The first kappa shape index (κ1) is 16.7. The van der Waals surface area contributed by atoms with Crippen LogP contribution in [0.25, 0.3) is 0 Å². The predicted octanol–water partition coefficient (Wildman–Crippen LogP) is 3.53. The van der Waals surface area contributed by atoms with Crippen LogP contribution >= 0.6 is 26.6 Å². The Morgan fingerprint density at radius 1 is 1.43 bits per heavy atom. The lowest BCUT2D eigenvalue weighted by Crippen LogP contribution is -2.43. The summed E-state index contributed by atoms with van der Waals surface area (Å²) in [6.07, 6.45) is 1.64. The fraction of sp³-hybridized carbons (Fsp3) is 0.462. The Morgan fingerprint density at radius 2 is 2.05 bits per heavy atom. The molecule has 1 aliphatic rings. The van der Waals surface area contributed by atoms with Gasteiger partial charge in [-0.2, -0.15) is 0 Å². The topological polar surface area (TPSA) is 54.5 Å². The van der Waals surface area contributed by atoms with Crippen LogP contribution in [0, 0.1) is 5.82 Å². The number of nitrogens with zero attached hydrogens (tertiary/aromatic N) is 1. The maximum absolute atomic E-state index is 14.4. The SMILES string of the molecule is CC1(C)CCCN1C(=O)c1cc(Br)cc(S(=O)(=O)Cl)c1F. The summed E-state index contributed by atoms with van der Waals surface area (Å²) in [6.45, 7) is 4.31. The Hall–Kier alpha value is -0.660. The highest BCUT2D eigenvalue weighted by molar-refractivity contribution is 9.10. The molecule has 0 atom stereocenters. The third kappa shape index (κ3) is 3.24. The van der Waals surface area contributed by atoms with Gasteiger partial charge in [0.05, 0.1) is 5.56 Å². The van der Waals surface area contributed by atoms with E-state index in [0.717, 1.165) is 18.9 Å². The van der Waals surface area contributed by atoms with E-state index in [1.165, 1.54) is 6.07 Å². The van der Waals surface area contributed by atoms with Gasteiger partial charge in [0.2, 0.25) is 0 Å². The van der Waals surface area contributed by atoms with Gasteiger partial charge >= 0.3 is 0 Å². The largest absolute Gasteiger partial charge is 0.333 e. The van der Waals surface area contributed by atoms with E-state index in [-0.39, 0.29) is 15.6 Å². The van der Waals surface area contributed by atoms with E-state index in [2.05, 4.69) is 15.9 Å². The van der Waals surface area contributed by atoms with Crippen LogP contribution in [-0.4, -0.2) is 31.3 Å². The number of halogens is 3. The van der Waals surface area contributed by atoms with Crippen LogP contribution in [0.3, 0.4) is 0 Å². The number of hydrogen-bond donors (Lipinski definition) is 0. The molecule has 1 aromatic rings. The second kappa shape index (κ2) is 5.52. The fourth-order valence-corrected chi connectivity index (χ4v) is 4.06. The molecule has 0 N–H and O–H groups in total. The van der Waals surface area contributed by atoms with Crippen molar-refractivity contribution in [1.82, 2.24) is 4.90 Å². The average molecular weight is 399 g/mol. The molecular weight excluding hydrogens is 385 g/mol. The summed E-state index contributed by atoms with van der Waals surface area (Å²) in [5.74, 6) is -1.64. The summed E-state index contributed by atoms with van der Waals surface area (Å²) < 4.78 is 37.5. The molecule has 0 saturated carbocycles. The maximum Gasteiger partial charge on any atom is 0.264 e. The zero-order valence-corrected chi connectivity index (χ0v) is 14.6. The van der Waals surface area contributed by atoms with Crippen molar-refractivity contribution in [1.29, 1.82) is 0 Å².